The fraction of sp³-hybridized carbons (Fsp3) is 0.426. The Kier molecular flexibility index (Phi) is 12.8. The predicted octanol–water partition coefficient (Wildman–Crippen LogP) is 7.05. The molecule has 4 aromatic rings. The highest BCUT2D eigenvalue weighted by Gasteiger charge is 2.51. The number of aromatic amines is 2. The Balaban J connectivity index is 1.01. The van der Waals surface area contributed by atoms with Gasteiger partial charge in [0.05, 0.1) is 43.7 Å². The lowest BCUT2D eigenvalue weighted by atomic mass is 9.80. The minimum atomic E-state index is -0.772. The lowest BCUT2D eigenvalue weighted by Gasteiger charge is -2.39. The number of ether oxygens (including phenoxy) is 2. The number of imidazole rings is 2. The summed E-state index contributed by atoms with van der Waals surface area (Å²) in [6, 6.07) is 13.7. The number of likely N-dealkylation sites (tertiary alicyclic amines) is 2. The van der Waals surface area contributed by atoms with Crippen molar-refractivity contribution in [3.05, 3.63) is 102 Å². The van der Waals surface area contributed by atoms with Gasteiger partial charge in [0.1, 0.15) is 23.7 Å². The Morgan fingerprint density at radius 1 is 0.721 bits per heavy atom. The van der Waals surface area contributed by atoms with Gasteiger partial charge in [-0.2, -0.15) is 0 Å². The third-order valence-electron chi connectivity index (χ3n) is 12.2. The van der Waals surface area contributed by atoms with Gasteiger partial charge in [0.2, 0.25) is 11.8 Å². The van der Waals surface area contributed by atoms with Crippen LogP contribution in [0.15, 0.2) is 79.3 Å². The molecule has 14 nitrogen and oxygen atoms in total. The molecule has 3 fully saturated rings. The number of aromatic nitrogens is 4. The van der Waals surface area contributed by atoms with Gasteiger partial charge < -0.3 is 39.9 Å². The van der Waals surface area contributed by atoms with Crippen LogP contribution in [0.5, 0.6) is 0 Å². The number of hydrogen-bond acceptors (Lipinski definition) is 8. The number of carbonyl (C=O) groups excluding carboxylic acids is 4. The summed E-state index contributed by atoms with van der Waals surface area (Å²) in [6.07, 6.45) is 8.47. The van der Waals surface area contributed by atoms with Gasteiger partial charge in [0.25, 0.3) is 0 Å². The molecule has 7 unspecified atom stereocenters. The van der Waals surface area contributed by atoms with Crippen LogP contribution in [0.4, 0.5) is 9.59 Å². The highest BCUT2D eigenvalue weighted by Crippen LogP contribution is 2.49. The van der Waals surface area contributed by atoms with Gasteiger partial charge in [-0.25, -0.2) is 19.6 Å². The molecule has 318 valence electrons. The van der Waals surface area contributed by atoms with E-state index in [4.69, 9.17) is 19.4 Å². The van der Waals surface area contributed by atoms with E-state index in [1.165, 1.54) is 14.2 Å². The smallest absolute Gasteiger partial charge is 0.407 e. The molecule has 4 amide bonds. The van der Waals surface area contributed by atoms with Gasteiger partial charge in [-0.05, 0) is 80.2 Å². The number of fused-ring (bicyclic) bond motifs is 1. The van der Waals surface area contributed by atoms with Crippen LogP contribution in [-0.4, -0.2) is 92.1 Å². The second-order valence-electron chi connectivity index (χ2n) is 16.6. The summed E-state index contributed by atoms with van der Waals surface area (Å²) in [5, 5.41) is 5.45. The Bertz CT molecular complexity index is 2350. The minimum Gasteiger partial charge on any atom is -0.453 e. The first-order chi connectivity index (χ1) is 29.4. The normalized spacial score (nSPS) is 21.3. The third-order valence-corrected chi connectivity index (χ3v) is 12.2. The van der Waals surface area contributed by atoms with Crippen LogP contribution >= 0.6 is 0 Å². The Morgan fingerprint density at radius 2 is 1.21 bits per heavy atom. The summed E-state index contributed by atoms with van der Waals surface area (Å²) < 4.78 is 9.60. The van der Waals surface area contributed by atoms with E-state index < -0.39 is 24.3 Å². The largest absolute Gasteiger partial charge is 0.453 e. The van der Waals surface area contributed by atoms with Gasteiger partial charge in [-0.1, -0.05) is 70.4 Å². The van der Waals surface area contributed by atoms with Crippen LogP contribution in [0.1, 0.15) is 94.7 Å². The first kappa shape index (κ1) is 42.5. The second kappa shape index (κ2) is 18.4. The number of rotatable bonds is 11. The molecule has 7 rings (SSSR count). The molecule has 4 N–H and O–H groups in total. The monoisotopic (exact) mass is 826 g/mol. The predicted molar refractivity (Wildman–Crippen MR) is 229 cm³/mol. The Labute approximate surface area is 356 Å². The number of alkyl carbamates (subject to hydrolysis) is 2. The molecule has 0 bridgehead atoms. The average molecular weight is 827 g/mol. The molecule has 2 saturated heterocycles. The van der Waals surface area contributed by atoms with Crippen molar-refractivity contribution in [2.75, 3.05) is 14.2 Å². The summed E-state index contributed by atoms with van der Waals surface area (Å²) in [6.45, 7) is 11.3. The highest BCUT2D eigenvalue weighted by molar-refractivity contribution is 5.87. The van der Waals surface area contributed by atoms with E-state index >= 15 is 0 Å². The summed E-state index contributed by atoms with van der Waals surface area (Å²) >= 11 is 0. The minimum absolute atomic E-state index is 0.104. The van der Waals surface area contributed by atoms with Crippen molar-refractivity contribution in [1.82, 2.24) is 40.4 Å². The van der Waals surface area contributed by atoms with Gasteiger partial charge in [0.15, 0.2) is 0 Å². The second-order valence-corrected chi connectivity index (χ2v) is 16.6. The topological polar surface area (TPSA) is 175 Å². The molecule has 61 heavy (non-hydrogen) atoms. The molecular formula is C47H54N8O6. The van der Waals surface area contributed by atoms with E-state index in [2.05, 4.69) is 44.8 Å². The fourth-order valence-electron chi connectivity index (χ4n) is 8.73. The van der Waals surface area contributed by atoms with Gasteiger partial charge in [-0.15, -0.1) is 5.73 Å². The zero-order chi connectivity index (χ0) is 43.4. The fourth-order valence-corrected chi connectivity index (χ4v) is 8.73. The van der Waals surface area contributed by atoms with E-state index in [0.29, 0.717) is 24.6 Å². The molecule has 2 aromatic carbocycles. The zero-order valence-electron chi connectivity index (χ0n) is 35.5. The highest BCUT2D eigenvalue weighted by atomic mass is 16.5. The van der Waals surface area contributed by atoms with Crippen molar-refractivity contribution < 1.29 is 28.7 Å². The van der Waals surface area contributed by atoms with E-state index in [1.807, 2.05) is 93.5 Å². The number of hydrogen-bond donors (Lipinski definition) is 4. The van der Waals surface area contributed by atoms with Crippen molar-refractivity contribution in [2.24, 2.45) is 17.8 Å². The van der Waals surface area contributed by atoms with Crippen LogP contribution in [0, 0.1) is 29.6 Å². The lowest BCUT2D eigenvalue weighted by molar-refractivity contribution is -0.139. The maximum atomic E-state index is 13.9. The molecular weight excluding hydrogens is 773 g/mol. The first-order valence-electron chi connectivity index (χ1n) is 20.9. The van der Waals surface area contributed by atoms with E-state index in [9.17, 15) is 19.2 Å². The van der Waals surface area contributed by atoms with Crippen LogP contribution in [0.2, 0.25) is 0 Å². The Hall–Kier alpha value is -6.58. The van der Waals surface area contributed by atoms with Crippen molar-refractivity contribution >= 4 is 24.0 Å². The number of carbonyl (C=O) groups is 4. The summed E-state index contributed by atoms with van der Waals surface area (Å²) in [5.74, 6) is 7.74. The van der Waals surface area contributed by atoms with Crippen molar-refractivity contribution in [2.45, 2.75) is 96.1 Å². The van der Waals surface area contributed by atoms with Gasteiger partial charge in [-0.3, -0.25) is 9.59 Å². The maximum absolute atomic E-state index is 13.9. The quantitative estimate of drug-likeness (QED) is 0.0919. The lowest BCUT2D eigenvalue weighted by Crippen LogP contribution is -2.54. The zero-order valence-corrected chi connectivity index (χ0v) is 35.5. The molecule has 14 heteroatoms. The summed E-state index contributed by atoms with van der Waals surface area (Å²) in [5.41, 5.74) is 7.88. The van der Waals surface area contributed by atoms with Gasteiger partial charge >= 0.3 is 12.2 Å². The average Bonchev–Trinajstić information content (AvgIpc) is 4.07. The first-order valence-corrected chi connectivity index (χ1v) is 20.9. The molecule has 4 heterocycles. The molecule has 0 spiro atoms. The Morgan fingerprint density at radius 3 is 1.66 bits per heavy atom. The van der Waals surface area contributed by atoms with Crippen LogP contribution in [0.25, 0.3) is 22.5 Å². The third kappa shape index (κ3) is 8.98. The number of methoxy groups -OCH3 is 2. The van der Waals surface area contributed by atoms with E-state index in [0.717, 1.165) is 58.7 Å². The molecule has 7 atom stereocenters. The maximum Gasteiger partial charge on any atom is 0.407 e. The van der Waals surface area contributed by atoms with E-state index in [-0.39, 0.29) is 47.8 Å². The SMILES string of the molecule is C=C=CC1CCC(c2nc(-c3ccc(C#Cc4ccc(-c5c[nH]c(C6CC7CCC7N6C(=O)C(NC(=O)OC)C(C)C)n5)cc4)cc3)c[nH]2)N1C(=O)C(NC(=O)OC)C(C)C. The molecule has 0 radical (unpaired) electrons. The van der Waals surface area contributed by atoms with Crippen LogP contribution in [0.3, 0.4) is 0 Å². The standard InChI is InChI=1S/C47H54N8O6/c1-8-9-34-21-23-38(54(34)44(56)40(27(2)3)52-46(58)60-6)42-48-25-35(50-42)31-16-12-29(13-17-31)10-11-30-14-18-32(19-15-30)36-26-49-43(51-36)39-24-33-20-22-37(33)55(39)45(57)41(28(4)5)53-47(59)61-7/h9,12-19,25-28,33-34,37-41H,1,20-24H2,2-7H3,(H,48,50)(H,49,51)(H,52,58)(H,53,59). The number of H-pyrrole nitrogens is 2. The summed E-state index contributed by atoms with van der Waals surface area (Å²) in [4.78, 5) is 72.3. The van der Waals surface area contributed by atoms with Crippen molar-refractivity contribution in [3.8, 4) is 34.4 Å². The van der Waals surface area contributed by atoms with Crippen LogP contribution in [-0.2, 0) is 19.1 Å². The summed E-state index contributed by atoms with van der Waals surface area (Å²) in [7, 11) is 2.58. The molecule has 1 aliphatic carbocycles. The number of nitrogens with one attached hydrogen (secondary N) is 4. The number of benzene rings is 2. The van der Waals surface area contributed by atoms with Crippen molar-refractivity contribution in [1.29, 1.82) is 0 Å². The molecule has 1 saturated carbocycles. The molecule has 3 aliphatic rings. The number of nitrogens with zero attached hydrogens (tertiary/aromatic N) is 4. The number of amides is 4. The molecule has 2 aromatic heterocycles. The van der Waals surface area contributed by atoms with Crippen LogP contribution < -0.4 is 10.6 Å². The van der Waals surface area contributed by atoms with E-state index in [1.54, 1.807) is 11.0 Å². The van der Waals surface area contributed by atoms with Gasteiger partial charge in [0, 0.05) is 40.7 Å². The molecule has 2 aliphatic heterocycles. The van der Waals surface area contributed by atoms with Crippen molar-refractivity contribution in [3.63, 3.8) is 0 Å².